The number of nitrogens with zero attached hydrogens (tertiary/aromatic N) is 4. The zero-order chi connectivity index (χ0) is 20.4. The molecule has 1 aliphatic heterocycles. The third-order valence-corrected chi connectivity index (χ3v) is 4.71. The summed E-state index contributed by atoms with van der Waals surface area (Å²) in [6.45, 7) is 1.19. The molecule has 0 aliphatic carbocycles. The van der Waals surface area contributed by atoms with E-state index in [-0.39, 0.29) is 23.3 Å². The molecule has 0 bridgehead atoms. The van der Waals surface area contributed by atoms with Gasteiger partial charge >= 0.3 is 6.36 Å². The Morgan fingerprint density at radius 3 is 2.86 bits per heavy atom. The van der Waals surface area contributed by atoms with Gasteiger partial charge in [0.2, 0.25) is 11.9 Å². The zero-order valence-corrected chi connectivity index (χ0v) is 15.3. The second kappa shape index (κ2) is 7.61. The molecular formula is C19H18F3N5O2. The molecule has 1 unspecified atom stereocenters. The fourth-order valence-electron chi connectivity index (χ4n) is 3.43. The Bertz CT molecular complexity index is 1020. The number of piperidine rings is 1. The van der Waals surface area contributed by atoms with E-state index in [9.17, 15) is 18.0 Å². The maximum Gasteiger partial charge on any atom is 0.573 e. The van der Waals surface area contributed by atoms with Gasteiger partial charge in [-0.1, -0.05) is 12.1 Å². The molecule has 152 valence electrons. The van der Waals surface area contributed by atoms with E-state index in [1.54, 1.807) is 0 Å². The standard InChI is InChI=1S/C19H18F3N5O2/c20-19(21,22)29-15-7-3-6-14(11-15)23-17(28)13-5-4-9-26(12-13)18-25-24-16-8-1-2-10-27(16)18/h1-3,6-8,10-11,13H,4-5,9,12H2,(H,23,28). The van der Waals surface area contributed by atoms with Crippen LogP contribution in [0.2, 0.25) is 0 Å². The van der Waals surface area contributed by atoms with Gasteiger partial charge in [-0.05, 0) is 37.1 Å². The minimum Gasteiger partial charge on any atom is -0.406 e. The summed E-state index contributed by atoms with van der Waals surface area (Å²) >= 11 is 0. The molecule has 1 N–H and O–H groups in total. The van der Waals surface area contributed by atoms with E-state index in [4.69, 9.17) is 0 Å². The van der Waals surface area contributed by atoms with Crippen molar-refractivity contribution >= 4 is 23.2 Å². The van der Waals surface area contributed by atoms with E-state index in [0.717, 1.165) is 24.7 Å². The highest BCUT2D eigenvalue weighted by molar-refractivity contribution is 5.93. The van der Waals surface area contributed by atoms with Gasteiger partial charge in [-0.3, -0.25) is 9.20 Å². The molecule has 1 saturated heterocycles. The number of aromatic nitrogens is 3. The second-order valence-corrected chi connectivity index (χ2v) is 6.78. The van der Waals surface area contributed by atoms with Gasteiger partial charge in [0, 0.05) is 31.0 Å². The zero-order valence-electron chi connectivity index (χ0n) is 15.3. The first-order valence-electron chi connectivity index (χ1n) is 9.10. The number of halogens is 3. The number of hydrogen-bond acceptors (Lipinski definition) is 5. The van der Waals surface area contributed by atoms with E-state index in [2.05, 4.69) is 20.3 Å². The number of amides is 1. The fourth-order valence-corrected chi connectivity index (χ4v) is 3.43. The van der Waals surface area contributed by atoms with Crippen LogP contribution in [-0.2, 0) is 4.79 Å². The average Bonchev–Trinajstić information content (AvgIpc) is 3.11. The molecule has 1 aliphatic rings. The molecule has 7 nitrogen and oxygen atoms in total. The number of nitrogens with one attached hydrogen (secondary N) is 1. The molecule has 0 spiro atoms. The van der Waals surface area contributed by atoms with Crippen molar-refractivity contribution in [3.05, 3.63) is 48.7 Å². The van der Waals surface area contributed by atoms with Crippen LogP contribution in [0.1, 0.15) is 12.8 Å². The Morgan fingerprint density at radius 2 is 2.03 bits per heavy atom. The molecule has 29 heavy (non-hydrogen) atoms. The van der Waals surface area contributed by atoms with Crippen molar-refractivity contribution in [2.45, 2.75) is 19.2 Å². The maximum absolute atomic E-state index is 12.7. The first kappa shape index (κ1) is 19.0. The van der Waals surface area contributed by atoms with Crippen molar-refractivity contribution in [3.63, 3.8) is 0 Å². The predicted octanol–water partition coefficient (Wildman–Crippen LogP) is 3.48. The highest BCUT2D eigenvalue weighted by atomic mass is 19.4. The average molecular weight is 405 g/mol. The molecule has 1 amide bonds. The molecular weight excluding hydrogens is 387 g/mol. The van der Waals surface area contributed by atoms with Gasteiger partial charge in [-0.2, -0.15) is 0 Å². The molecule has 1 fully saturated rings. The molecule has 2 aromatic heterocycles. The van der Waals surface area contributed by atoms with Crippen LogP contribution in [-0.4, -0.2) is 40.0 Å². The molecule has 1 aromatic carbocycles. The smallest absolute Gasteiger partial charge is 0.406 e. The minimum absolute atomic E-state index is 0.252. The van der Waals surface area contributed by atoms with E-state index in [1.165, 1.54) is 18.2 Å². The number of hydrogen-bond donors (Lipinski definition) is 1. The van der Waals surface area contributed by atoms with Crippen LogP contribution in [0, 0.1) is 5.92 Å². The van der Waals surface area contributed by atoms with Crippen molar-refractivity contribution in [3.8, 4) is 5.75 Å². The van der Waals surface area contributed by atoms with Crippen LogP contribution in [0.15, 0.2) is 48.7 Å². The van der Waals surface area contributed by atoms with Crippen LogP contribution < -0.4 is 15.0 Å². The molecule has 1 atom stereocenters. The summed E-state index contributed by atoms with van der Waals surface area (Å²) in [5.74, 6) is -0.297. The van der Waals surface area contributed by atoms with Gasteiger partial charge in [0.25, 0.3) is 0 Å². The topological polar surface area (TPSA) is 71.8 Å². The minimum atomic E-state index is -4.78. The molecule has 10 heteroatoms. The lowest BCUT2D eigenvalue weighted by Crippen LogP contribution is -2.41. The normalized spacial score (nSPS) is 17.3. The number of pyridine rings is 1. The Morgan fingerprint density at radius 1 is 1.17 bits per heavy atom. The summed E-state index contributed by atoms with van der Waals surface area (Å²) in [5, 5.41) is 11.0. The number of anilines is 2. The van der Waals surface area contributed by atoms with Gasteiger partial charge < -0.3 is 15.0 Å². The van der Waals surface area contributed by atoms with Crippen LogP contribution in [0.4, 0.5) is 24.8 Å². The molecule has 0 radical (unpaired) electrons. The Hall–Kier alpha value is -3.30. The van der Waals surface area contributed by atoms with Crippen molar-refractivity contribution in [2.24, 2.45) is 5.92 Å². The van der Waals surface area contributed by atoms with Crippen molar-refractivity contribution in [1.29, 1.82) is 0 Å². The number of fused-ring (bicyclic) bond motifs is 1. The van der Waals surface area contributed by atoms with Gasteiger partial charge in [0.05, 0.1) is 5.92 Å². The first-order chi connectivity index (χ1) is 13.9. The lowest BCUT2D eigenvalue weighted by atomic mass is 9.97. The third kappa shape index (κ3) is 4.41. The van der Waals surface area contributed by atoms with Crippen molar-refractivity contribution in [1.82, 2.24) is 14.6 Å². The van der Waals surface area contributed by atoms with Crippen molar-refractivity contribution < 1.29 is 22.7 Å². The van der Waals surface area contributed by atoms with E-state index in [0.29, 0.717) is 18.9 Å². The lowest BCUT2D eigenvalue weighted by molar-refractivity contribution is -0.274. The van der Waals surface area contributed by atoms with Crippen LogP contribution >= 0.6 is 0 Å². The fraction of sp³-hybridized carbons (Fsp3) is 0.316. The Kier molecular flexibility index (Phi) is 4.99. The van der Waals surface area contributed by atoms with Gasteiger partial charge in [-0.25, -0.2) is 0 Å². The molecule has 0 saturated carbocycles. The van der Waals surface area contributed by atoms with Gasteiger partial charge in [0.15, 0.2) is 5.65 Å². The molecule has 3 aromatic rings. The van der Waals surface area contributed by atoms with E-state index < -0.39 is 6.36 Å². The molecule has 3 heterocycles. The van der Waals surface area contributed by atoms with E-state index in [1.807, 2.05) is 33.7 Å². The lowest BCUT2D eigenvalue weighted by Gasteiger charge is -2.32. The number of rotatable bonds is 4. The monoisotopic (exact) mass is 405 g/mol. The summed E-state index contributed by atoms with van der Waals surface area (Å²) < 4.78 is 42.9. The highest BCUT2D eigenvalue weighted by Gasteiger charge is 2.31. The summed E-state index contributed by atoms with van der Waals surface area (Å²) in [7, 11) is 0. The summed E-state index contributed by atoms with van der Waals surface area (Å²) in [6.07, 6.45) is -1.46. The second-order valence-electron chi connectivity index (χ2n) is 6.78. The summed E-state index contributed by atoms with van der Waals surface area (Å²) in [4.78, 5) is 14.7. The Labute approximate surface area is 164 Å². The summed E-state index contributed by atoms with van der Waals surface area (Å²) in [5.41, 5.74) is 0.970. The number of benzene rings is 1. The number of carbonyl (C=O) groups excluding carboxylic acids is 1. The summed E-state index contributed by atoms with van der Waals surface area (Å²) in [6, 6.07) is 10.8. The van der Waals surface area contributed by atoms with Gasteiger partial charge in [0.1, 0.15) is 5.75 Å². The Balaban J connectivity index is 1.45. The van der Waals surface area contributed by atoms with Crippen LogP contribution in [0.3, 0.4) is 0 Å². The predicted molar refractivity (Wildman–Crippen MR) is 99.7 cm³/mol. The van der Waals surface area contributed by atoms with Gasteiger partial charge in [-0.15, -0.1) is 23.4 Å². The SMILES string of the molecule is O=C(Nc1cccc(OC(F)(F)F)c1)C1CCCN(c2nnc3ccccn23)C1. The maximum atomic E-state index is 12.7. The largest absolute Gasteiger partial charge is 0.573 e. The third-order valence-electron chi connectivity index (χ3n) is 4.71. The number of alkyl halides is 3. The van der Waals surface area contributed by atoms with Crippen LogP contribution in [0.5, 0.6) is 5.75 Å². The van der Waals surface area contributed by atoms with E-state index >= 15 is 0 Å². The van der Waals surface area contributed by atoms with Crippen LogP contribution in [0.25, 0.3) is 5.65 Å². The highest BCUT2D eigenvalue weighted by Crippen LogP contribution is 2.27. The number of ether oxygens (including phenoxy) is 1. The quantitative estimate of drug-likeness (QED) is 0.720. The van der Waals surface area contributed by atoms with Crippen molar-refractivity contribution in [2.75, 3.05) is 23.3 Å². The first-order valence-corrected chi connectivity index (χ1v) is 9.10. The number of carbonyl (C=O) groups is 1. The molecule has 4 rings (SSSR count).